The second-order valence-corrected chi connectivity index (χ2v) is 5.51. The lowest BCUT2D eigenvalue weighted by Crippen LogP contribution is -2.23. The number of hydrazone groups is 1. The first-order valence-corrected chi connectivity index (χ1v) is 7.72. The molecule has 0 aromatic heterocycles. The molecule has 3 rings (SSSR count). The first-order chi connectivity index (χ1) is 11.2. The molecule has 118 valence electrons. The van der Waals surface area contributed by atoms with E-state index in [2.05, 4.69) is 22.7 Å². The number of nitrogens with zero attached hydrogens (tertiary/aromatic N) is 1. The average molecular weight is 327 g/mol. The highest BCUT2D eigenvalue weighted by Crippen LogP contribution is 2.34. The molecule has 1 heterocycles. The number of nitrogens with one attached hydrogen (secondary N) is 1. The third-order valence-electron chi connectivity index (χ3n) is 3.38. The van der Waals surface area contributed by atoms with Crippen molar-refractivity contribution in [3.8, 4) is 22.6 Å². The van der Waals surface area contributed by atoms with Gasteiger partial charge in [0, 0.05) is 6.42 Å². The van der Waals surface area contributed by atoms with Crippen molar-refractivity contribution in [1.82, 2.24) is 5.43 Å². The molecule has 0 atom stereocenters. The fourth-order valence-corrected chi connectivity index (χ4v) is 2.33. The number of rotatable bonds is 3. The maximum atomic E-state index is 5.73. The van der Waals surface area contributed by atoms with Crippen LogP contribution in [0.15, 0.2) is 47.6 Å². The molecule has 5 nitrogen and oxygen atoms in total. The molecular formula is C17H17N3O2S. The van der Waals surface area contributed by atoms with Gasteiger partial charge >= 0.3 is 0 Å². The van der Waals surface area contributed by atoms with Crippen LogP contribution in [-0.4, -0.2) is 24.5 Å². The van der Waals surface area contributed by atoms with Crippen LogP contribution in [0.5, 0.6) is 11.5 Å². The Hall–Kier alpha value is -2.60. The van der Waals surface area contributed by atoms with E-state index in [1.165, 1.54) is 0 Å². The van der Waals surface area contributed by atoms with E-state index < -0.39 is 0 Å². The molecular weight excluding hydrogens is 310 g/mol. The van der Waals surface area contributed by atoms with Gasteiger partial charge in [-0.05, 0) is 41.0 Å². The van der Waals surface area contributed by atoms with Gasteiger partial charge in [0.05, 0.1) is 19.4 Å². The van der Waals surface area contributed by atoms with E-state index >= 15 is 0 Å². The molecule has 1 aliphatic heterocycles. The van der Waals surface area contributed by atoms with Crippen molar-refractivity contribution < 1.29 is 9.47 Å². The van der Waals surface area contributed by atoms with E-state index in [0.717, 1.165) is 34.6 Å². The molecule has 0 fully saturated rings. The van der Waals surface area contributed by atoms with Crippen molar-refractivity contribution in [1.29, 1.82) is 0 Å². The molecule has 0 unspecified atom stereocenters. The predicted octanol–water partition coefficient (Wildman–Crippen LogP) is 2.68. The Balaban J connectivity index is 1.78. The van der Waals surface area contributed by atoms with Gasteiger partial charge in [-0.3, -0.25) is 5.43 Å². The smallest absolute Gasteiger partial charge is 0.184 e. The van der Waals surface area contributed by atoms with E-state index in [9.17, 15) is 0 Å². The first kappa shape index (κ1) is 15.3. The van der Waals surface area contributed by atoms with Crippen molar-refractivity contribution in [3.63, 3.8) is 0 Å². The molecule has 0 bridgehead atoms. The Morgan fingerprint density at radius 3 is 2.48 bits per heavy atom. The van der Waals surface area contributed by atoms with Crippen LogP contribution in [0.2, 0.25) is 0 Å². The fraction of sp³-hybridized carbons (Fsp3) is 0.176. The second-order valence-electron chi connectivity index (χ2n) is 5.07. The molecule has 2 aromatic carbocycles. The Morgan fingerprint density at radius 2 is 1.74 bits per heavy atom. The SMILES string of the molecule is NC(=S)NN=Cc1ccc(-c2ccc3c(c2)OCCCO3)cc1. The number of hydrogen-bond donors (Lipinski definition) is 2. The second kappa shape index (κ2) is 7.11. The highest BCUT2D eigenvalue weighted by Gasteiger charge is 2.11. The molecule has 0 spiro atoms. The summed E-state index contributed by atoms with van der Waals surface area (Å²) in [7, 11) is 0. The Kier molecular flexibility index (Phi) is 4.73. The van der Waals surface area contributed by atoms with Crippen LogP contribution < -0.4 is 20.6 Å². The normalized spacial score (nSPS) is 13.6. The fourth-order valence-electron chi connectivity index (χ4n) is 2.27. The average Bonchev–Trinajstić information content (AvgIpc) is 2.80. The summed E-state index contributed by atoms with van der Waals surface area (Å²) in [6.07, 6.45) is 2.56. The number of hydrogen-bond acceptors (Lipinski definition) is 4. The van der Waals surface area contributed by atoms with Gasteiger partial charge in [0.2, 0.25) is 0 Å². The summed E-state index contributed by atoms with van der Waals surface area (Å²) in [6, 6.07) is 14.0. The highest BCUT2D eigenvalue weighted by molar-refractivity contribution is 7.80. The van der Waals surface area contributed by atoms with E-state index in [1.54, 1.807) is 6.21 Å². The van der Waals surface area contributed by atoms with E-state index in [0.29, 0.717) is 13.2 Å². The predicted molar refractivity (Wildman–Crippen MR) is 95.0 cm³/mol. The lowest BCUT2D eigenvalue weighted by molar-refractivity contribution is 0.297. The highest BCUT2D eigenvalue weighted by atomic mass is 32.1. The van der Waals surface area contributed by atoms with Gasteiger partial charge in [0.1, 0.15) is 0 Å². The standard InChI is InChI=1S/C17H17N3O2S/c18-17(23)20-19-11-12-2-4-13(5-3-12)14-6-7-15-16(10-14)22-9-1-8-21-15/h2-7,10-11H,1,8-9H2,(H3,18,20,23). The number of benzene rings is 2. The lowest BCUT2D eigenvalue weighted by atomic mass is 10.0. The van der Waals surface area contributed by atoms with Crippen LogP contribution in [0.3, 0.4) is 0 Å². The van der Waals surface area contributed by atoms with Crippen LogP contribution in [0.25, 0.3) is 11.1 Å². The molecule has 1 aliphatic rings. The van der Waals surface area contributed by atoms with Crippen molar-refractivity contribution in [3.05, 3.63) is 48.0 Å². The van der Waals surface area contributed by atoms with Crippen LogP contribution in [0, 0.1) is 0 Å². The number of thiocarbonyl (C=S) groups is 1. The number of ether oxygens (including phenoxy) is 2. The van der Waals surface area contributed by atoms with Gasteiger partial charge in [-0.15, -0.1) is 0 Å². The monoisotopic (exact) mass is 327 g/mol. The summed E-state index contributed by atoms with van der Waals surface area (Å²) in [5, 5.41) is 4.08. The van der Waals surface area contributed by atoms with Gasteiger partial charge in [0.15, 0.2) is 16.6 Å². The van der Waals surface area contributed by atoms with Gasteiger partial charge < -0.3 is 15.2 Å². The van der Waals surface area contributed by atoms with Gasteiger partial charge in [0.25, 0.3) is 0 Å². The van der Waals surface area contributed by atoms with E-state index in [-0.39, 0.29) is 5.11 Å². The third kappa shape index (κ3) is 3.98. The van der Waals surface area contributed by atoms with E-state index in [4.69, 9.17) is 15.2 Å². The van der Waals surface area contributed by atoms with Crippen LogP contribution in [-0.2, 0) is 0 Å². The summed E-state index contributed by atoms with van der Waals surface area (Å²) >= 11 is 4.68. The zero-order valence-electron chi connectivity index (χ0n) is 12.5. The third-order valence-corrected chi connectivity index (χ3v) is 3.47. The van der Waals surface area contributed by atoms with Crippen molar-refractivity contribution in [2.75, 3.05) is 13.2 Å². The number of fused-ring (bicyclic) bond motifs is 1. The quantitative estimate of drug-likeness (QED) is 0.515. The molecule has 0 amide bonds. The minimum atomic E-state index is 0.144. The Bertz CT molecular complexity index is 729. The molecule has 23 heavy (non-hydrogen) atoms. The maximum Gasteiger partial charge on any atom is 0.184 e. The van der Waals surface area contributed by atoms with Gasteiger partial charge in [-0.2, -0.15) is 5.10 Å². The van der Waals surface area contributed by atoms with Gasteiger partial charge in [-0.25, -0.2) is 0 Å². The Labute approximate surface area is 140 Å². The molecule has 6 heteroatoms. The molecule has 2 aromatic rings. The van der Waals surface area contributed by atoms with E-state index in [1.807, 2.05) is 42.5 Å². The van der Waals surface area contributed by atoms with Crippen LogP contribution >= 0.6 is 12.2 Å². The molecule has 3 N–H and O–H groups in total. The van der Waals surface area contributed by atoms with Crippen molar-refractivity contribution in [2.24, 2.45) is 10.8 Å². The minimum absolute atomic E-state index is 0.144. The van der Waals surface area contributed by atoms with Crippen LogP contribution in [0.4, 0.5) is 0 Å². The Morgan fingerprint density at radius 1 is 1.04 bits per heavy atom. The topological polar surface area (TPSA) is 68.9 Å². The molecule has 0 saturated heterocycles. The summed E-state index contributed by atoms with van der Waals surface area (Å²) < 4.78 is 11.4. The summed E-state index contributed by atoms with van der Waals surface area (Å²) in [6.45, 7) is 1.38. The lowest BCUT2D eigenvalue weighted by Gasteiger charge is -2.09. The van der Waals surface area contributed by atoms with Crippen molar-refractivity contribution >= 4 is 23.5 Å². The summed E-state index contributed by atoms with van der Waals surface area (Å²) in [4.78, 5) is 0. The summed E-state index contributed by atoms with van der Waals surface area (Å²) in [5.74, 6) is 1.60. The number of nitrogens with two attached hydrogens (primary N) is 1. The van der Waals surface area contributed by atoms with Crippen LogP contribution in [0.1, 0.15) is 12.0 Å². The minimum Gasteiger partial charge on any atom is -0.490 e. The largest absolute Gasteiger partial charge is 0.490 e. The maximum absolute atomic E-state index is 5.73. The zero-order valence-corrected chi connectivity index (χ0v) is 13.3. The molecule has 0 aliphatic carbocycles. The van der Waals surface area contributed by atoms with Crippen molar-refractivity contribution in [2.45, 2.75) is 6.42 Å². The van der Waals surface area contributed by atoms with Gasteiger partial charge in [-0.1, -0.05) is 30.3 Å². The summed E-state index contributed by atoms with van der Waals surface area (Å²) in [5.41, 5.74) is 11.0. The zero-order chi connectivity index (χ0) is 16.1. The molecule has 0 saturated carbocycles. The first-order valence-electron chi connectivity index (χ1n) is 7.31. The molecule has 0 radical (unpaired) electrons.